The summed E-state index contributed by atoms with van der Waals surface area (Å²) >= 11 is 6.61. The smallest absolute Gasteiger partial charge is 0.294 e. The van der Waals surface area contributed by atoms with Gasteiger partial charge in [-0.05, 0) is 44.3 Å². The number of hydrogen-bond acceptors (Lipinski definition) is 8. The van der Waals surface area contributed by atoms with Crippen LogP contribution in [0, 0.1) is 10.1 Å². The molecule has 2 aliphatic rings. The van der Waals surface area contributed by atoms with E-state index in [-0.39, 0.29) is 24.0 Å². The van der Waals surface area contributed by atoms with E-state index in [0.717, 1.165) is 50.0 Å². The number of aryl methyl sites for hydroxylation is 2. The number of likely N-dealkylation sites (tertiary alicyclic amines) is 1. The Kier molecular flexibility index (Phi) is 8.32. The van der Waals surface area contributed by atoms with Gasteiger partial charge in [0.15, 0.2) is 0 Å². The molecule has 1 fully saturated rings. The number of nitrogens with zero attached hydrogens (tertiary/aromatic N) is 6. The summed E-state index contributed by atoms with van der Waals surface area (Å²) in [6.45, 7) is 4.63. The topological polar surface area (TPSA) is 102 Å². The van der Waals surface area contributed by atoms with Crippen LogP contribution in [0.4, 0.5) is 23.0 Å². The van der Waals surface area contributed by atoms with Crippen LogP contribution in [0.25, 0.3) is 22.2 Å². The first kappa shape index (κ1) is 28.6. The van der Waals surface area contributed by atoms with E-state index in [1.165, 1.54) is 30.0 Å². The van der Waals surface area contributed by atoms with Gasteiger partial charge in [-0.25, -0.2) is 9.97 Å². The van der Waals surface area contributed by atoms with Crippen LogP contribution in [0.15, 0.2) is 42.7 Å². The molecule has 0 amide bonds. The van der Waals surface area contributed by atoms with Crippen LogP contribution >= 0.6 is 11.6 Å². The monoisotopic (exact) mass is 577 g/mol. The van der Waals surface area contributed by atoms with Crippen molar-refractivity contribution in [2.75, 3.05) is 50.6 Å². The minimum Gasteiger partial charge on any atom is -0.494 e. The molecule has 4 heterocycles. The molecule has 0 spiro atoms. The van der Waals surface area contributed by atoms with E-state index in [0.29, 0.717) is 34.4 Å². The summed E-state index contributed by atoms with van der Waals surface area (Å²) in [6, 6.07) is 9.51. The number of anilines is 3. The molecule has 0 unspecified atom stereocenters. The Labute approximate surface area is 245 Å². The number of nitro groups is 1. The Bertz CT molecular complexity index is 1580. The summed E-state index contributed by atoms with van der Waals surface area (Å²) in [5, 5.41) is 16.8. The molecule has 1 N–H and O–H groups in total. The second kappa shape index (κ2) is 11.9. The Morgan fingerprint density at radius 2 is 2.00 bits per heavy atom. The Balaban J connectivity index is 0.00000337. The molecule has 0 bridgehead atoms. The number of aromatic nitrogens is 3. The number of nitro benzene ring substituents is 1. The van der Waals surface area contributed by atoms with Gasteiger partial charge >= 0.3 is 0 Å². The zero-order chi connectivity index (χ0) is 27.8. The second-order valence-electron chi connectivity index (χ2n) is 10.4. The largest absolute Gasteiger partial charge is 0.494 e. The van der Waals surface area contributed by atoms with E-state index in [9.17, 15) is 10.1 Å². The molecule has 6 rings (SSSR count). The van der Waals surface area contributed by atoms with E-state index in [4.69, 9.17) is 21.3 Å². The highest BCUT2D eigenvalue weighted by Gasteiger charge is 2.24. The van der Waals surface area contributed by atoms with Crippen molar-refractivity contribution in [1.82, 2.24) is 19.4 Å². The van der Waals surface area contributed by atoms with Crippen molar-refractivity contribution in [2.24, 2.45) is 0 Å². The molecule has 216 valence electrons. The maximum Gasteiger partial charge on any atom is 0.294 e. The lowest BCUT2D eigenvalue weighted by atomic mass is 10.0. The van der Waals surface area contributed by atoms with E-state index in [1.807, 2.05) is 11.9 Å². The van der Waals surface area contributed by atoms with Gasteiger partial charge in [0.2, 0.25) is 5.95 Å². The molecule has 0 saturated carbocycles. The van der Waals surface area contributed by atoms with Crippen molar-refractivity contribution in [3.63, 3.8) is 0 Å². The van der Waals surface area contributed by atoms with Gasteiger partial charge in [0.1, 0.15) is 11.4 Å². The molecule has 2 aromatic heterocycles. The summed E-state index contributed by atoms with van der Waals surface area (Å²) in [5.41, 5.74) is 4.96. The normalized spacial score (nSPS) is 14.6. The average molecular weight is 578 g/mol. The zero-order valence-electron chi connectivity index (χ0n) is 22.7. The predicted molar refractivity (Wildman–Crippen MR) is 165 cm³/mol. The summed E-state index contributed by atoms with van der Waals surface area (Å²) in [7, 11) is 3.42. The molecule has 2 aliphatic heterocycles. The van der Waals surface area contributed by atoms with Crippen LogP contribution in [0.3, 0.4) is 0 Å². The SMILES string of the molecule is C.COc1cc(N(C)CCN2CCCC2)c([N+](=O)[O-])cc1Nc1ncc(Cl)c(-c2cn3c4c(cccc24)CCC3)n1. The molecular weight excluding hydrogens is 542 g/mol. The predicted octanol–water partition coefficient (Wildman–Crippen LogP) is 6.53. The summed E-state index contributed by atoms with van der Waals surface area (Å²) in [5.74, 6) is 0.731. The number of likely N-dealkylation sites (N-methyl/N-ethyl adjacent to an activating group) is 1. The second-order valence-corrected chi connectivity index (χ2v) is 10.8. The van der Waals surface area contributed by atoms with E-state index < -0.39 is 0 Å². The number of methoxy groups -OCH3 is 1. The number of hydrogen-bond donors (Lipinski definition) is 1. The van der Waals surface area contributed by atoms with Gasteiger partial charge in [-0.15, -0.1) is 0 Å². The van der Waals surface area contributed by atoms with E-state index in [1.54, 1.807) is 19.4 Å². The van der Waals surface area contributed by atoms with Crippen molar-refractivity contribution < 1.29 is 9.66 Å². The number of rotatable bonds is 9. The minimum atomic E-state index is -0.367. The third kappa shape index (κ3) is 5.54. The van der Waals surface area contributed by atoms with Crippen molar-refractivity contribution in [3.8, 4) is 17.0 Å². The van der Waals surface area contributed by atoms with Crippen molar-refractivity contribution in [1.29, 1.82) is 0 Å². The highest BCUT2D eigenvalue weighted by Crippen LogP contribution is 2.40. The van der Waals surface area contributed by atoms with Gasteiger partial charge in [-0.3, -0.25) is 10.1 Å². The molecule has 2 aromatic carbocycles. The quantitative estimate of drug-likeness (QED) is 0.177. The van der Waals surface area contributed by atoms with Crippen molar-refractivity contribution in [3.05, 3.63) is 63.4 Å². The fourth-order valence-corrected chi connectivity index (χ4v) is 6.07. The van der Waals surface area contributed by atoms with Crippen LogP contribution in [0.1, 0.15) is 32.3 Å². The lowest BCUT2D eigenvalue weighted by molar-refractivity contribution is -0.384. The van der Waals surface area contributed by atoms with Gasteiger partial charge in [0.25, 0.3) is 5.69 Å². The fourth-order valence-electron chi connectivity index (χ4n) is 5.88. The van der Waals surface area contributed by atoms with Gasteiger partial charge in [0.05, 0.1) is 40.2 Å². The van der Waals surface area contributed by atoms with E-state index >= 15 is 0 Å². The van der Waals surface area contributed by atoms with Crippen LogP contribution < -0.4 is 15.0 Å². The molecule has 41 heavy (non-hydrogen) atoms. The lowest BCUT2D eigenvalue weighted by Crippen LogP contribution is -2.31. The highest BCUT2D eigenvalue weighted by atomic mass is 35.5. The maximum absolute atomic E-state index is 12.1. The van der Waals surface area contributed by atoms with Crippen molar-refractivity contribution in [2.45, 2.75) is 39.7 Å². The Morgan fingerprint density at radius 3 is 2.76 bits per heavy atom. The Morgan fingerprint density at radius 1 is 1.20 bits per heavy atom. The minimum absolute atomic E-state index is 0. The molecule has 0 aliphatic carbocycles. The first-order valence-electron chi connectivity index (χ1n) is 13.6. The van der Waals surface area contributed by atoms with E-state index in [2.05, 4.69) is 44.2 Å². The summed E-state index contributed by atoms with van der Waals surface area (Å²) in [6.07, 6.45) is 8.20. The number of ether oxygens (including phenoxy) is 1. The number of benzene rings is 2. The number of halogens is 1. The number of nitrogens with one attached hydrogen (secondary N) is 1. The maximum atomic E-state index is 12.1. The van der Waals surface area contributed by atoms with Crippen LogP contribution in [-0.2, 0) is 13.0 Å². The van der Waals surface area contributed by atoms with Crippen LogP contribution in [-0.4, -0.2) is 64.7 Å². The highest BCUT2D eigenvalue weighted by molar-refractivity contribution is 6.33. The summed E-state index contributed by atoms with van der Waals surface area (Å²) in [4.78, 5) is 25.2. The fraction of sp³-hybridized carbons (Fsp3) is 0.400. The van der Waals surface area contributed by atoms with Crippen molar-refractivity contribution >= 4 is 45.5 Å². The molecule has 0 atom stereocenters. The lowest BCUT2D eigenvalue weighted by Gasteiger charge is -2.24. The molecule has 10 nitrogen and oxygen atoms in total. The van der Waals surface area contributed by atoms with Crippen LogP contribution in [0.5, 0.6) is 5.75 Å². The van der Waals surface area contributed by atoms with Gasteiger partial charge in [0, 0.05) is 56.0 Å². The van der Waals surface area contributed by atoms with Gasteiger partial charge < -0.3 is 24.4 Å². The van der Waals surface area contributed by atoms with Crippen LogP contribution in [0.2, 0.25) is 5.02 Å². The molecule has 1 saturated heterocycles. The first-order chi connectivity index (χ1) is 19.4. The first-order valence-corrected chi connectivity index (χ1v) is 14.0. The van der Waals surface area contributed by atoms with Gasteiger partial charge in [-0.1, -0.05) is 37.2 Å². The van der Waals surface area contributed by atoms with Gasteiger partial charge in [-0.2, -0.15) is 0 Å². The molecule has 11 heteroatoms. The molecular formula is C30H36ClN7O3. The zero-order valence-corrected chi connectivity index (χ0v) is 23.4. The summed E-state index contributed by atoms with van der Waals surface area (Å²) < 4.78 is 7.91. The molecule has 4 aromatic rings. The average Bonchev–Trinajstić information content (AvgIpc) is 3.62. The third-order valence-corrected chi connectivity index (χ3v) is 8.20. The standard InChI is InChI=1S/C29H32ClN7O3.CH4/c1-34(13-14-35-10-3-4-11-35)24-16-26(40-2)23(15-25(24)37(38)39)32-29-31-17-22(30)27(33-29)21-18-36-12-6-8-19-7-5-9-20(21)28(19)36;/h5,7,9,15-18H,3-4,6,8,10-14H2,1-2H3,(H,31,32,33);1H4. The third-order valence-electron chi connectivity index (χ3n) is 7.93. The Hall–Kier alpha value is -3.89. The number of para-hydroxylation sites is 1. The molecule has 0 radical (unpaired) electrons.